The Kier molecular flexibility index (Phi) is 6.63. The summed E-state index contributed by atoms with van der Waals surface area (Å²) in [5.41, 5.74) is 13.8. The maximum absolute atomic E-state index is 14.3. The Labute approximate surface area is 167 Å². The molecule has 0 aromatic heterocycles. The van der Waals surface area contributed by atoms with Crippen molar-refractivity contribution in [3.63, 3.8) is 0 Å². The van der Waals surface area contributed by atoms with E-state index >= 15 is 0 Å². The molecular weight excluding hydrogens is 410 g/mol. The number of nitrogens with zero attached hydrogens (tertiary/aromatic N) is 1. The number of carbonyl (C=O) groups is 2. The van der Waals surface area contributed by atoms with Gasteiger partial charge in [0.25, 0.3) is 0 Å². The van der Waals surface area contributed by atoms with Crippen LogP contribution in [0.4, 0.5) is 17.6 Å². The molecule has 2 aromatic rings. The number of nitrogens with two attached hydrogens (primary N) is 2. The third-order valence-corrected chi connectivity index (χ3v) is 4.10. The summed E-state index contributed by atoms with van der Waals surface area (Å²) in [7, 11) is 0. The average molecular weight is 425 g/mol. The first kappa shape index (κ1) is 22.6. The second-order valence-corrected chi connectivity index (χ2v) is 6.23. The number of hydrogen-bond acceptors (Lipinski definition) is 5. The number of benzene rings is 2. The minimum atomic E-state index is -5.08. The van der Waals surface area contributed by atoms with Crippen LogP contribution in [-0.2, 0) is 22.6 Å². The van der Waals surface area contributed by atoms with E-state index in [4.69, 9.17) is 31.4 Å². The number of amides is 1. The van der Waals surface area contributed by atoms with E-state index in [1.807, 2.05) is 6.07 Å². The predicted molar refractivity (Wildman–Crippen MR) is 95.4 cm³/mol. The lowest BCUT2D eigenvalue weighted by Crippen LogP contribution is -2.38. The first-order valence-electron chi connectivity index (χ1n) is 8.27. The van der Waals surface area contributed by atoms with E-state index in [0.29, 0.717) is 22.4 Å². The molecule has 11 heteroatoms. The number of rotatable bonds is 3. The van der Waals surface area contributed by atoms with E-state index in [1.165, 1.54) is 6.07 Å². The molecule has 1 atom stereocenters. The summed E-state index contributed by atoms with van der Waals surface area (Å²) in [4.78, 5) is 19.9. The summed E-state index contributed by atoms with van der Waals surface area (Å²) in [5, 5.41) is 16.1. The van der Waals surface area contributed by atoms with Crippen molar-refractivity contribution >= 4 is 11.9 Å². The van der Waals surface area contributed by atoms with Crippen molar-refractivity contribution < 1.29 is 37.0 Å². The lowest BCUT2D eigenvalue weighted by Gasteiger charge is -2.22. The molecule has 1 aliphatic heterocycles. The zero-order chi connectivity index (χ0) is 22.6. The maximum Gasteiger partial charge on any atom is 0.490 e. The Balaban J connectivity index is 0.000000396. The van der Waals surface area contributed by atoms with Gasteiger partial charge in [0.2, 0.25) is 5.91 Å². The van der Waals surface area contributed by atoms with Crippen LogP contribution < -0.4 is 16.2 Å². The van der Waals surface area contributed by atoms with Gasteiger partial charge in [-0.3, -0.25) is 4.79 Å². The molecule has 1 amide bonds. The van der Waals surface area contributed by atoms with Crippen LogP contribution in [-0.4, -0.2) is 29.2 Å². The number of ether oxygens (including phenoxy) is 1. The van der Waals surface area contributed by atoms with Gasteiger partial charge in [0.05, 0.1) is 17.7 Å². The Morgan fingerprint density at radius 1 is 1.23 bits per heavy atom. The highest BCUT2D eigenvalue weighted by molar-refractivity contribution is 5.80. The van der Waals surface area contributed by atoms with Crippen molar-refractivity contribution in [2.75, 3.05) is 0 Å². The highest BCUT2D eigenvalue weighted by Crippen LogP contribution is 2.39. The maximum atomic E-state index is 14.3. The molecule has 0 saturated heterocycles. The molecule has 0 fully saturated rings. The fraction of sp³-hybridized carbons (Fsp3) is 0.211. The summed E-state index contributed by atoms with van der Waals surface area (Å²) in [6.07, 6.45) is -5.05. The van der Waals surface area contributed by atoms with Gasteiger partial charge in [-0.05, 0) is 53.4 Å². The Hall–Kier alpha value is -3.65. The number of primary amides is 1. The van der Waals surface area contributed by atoms with E-state index in [2.05, 4.69) is 0 Å². The third kappa shape index (κ3) is 5.24. The van der Waals surface area contributed by atoms with Gasteiger partial charge in [0.1, 0.15) is 18.2 Å². The van der Waals surface area contributed by atoms with Crippen molar-refractivity contribution in [3.8, 4) is 22.9 Å². The molecule has 0 unspecified atom stereocenters. The Bertz CT molecular complexity index is 1030. The van der Waals surface area contributed by atoms with E-state index in [9.17, 15) is 22.4 Å². The minimum Gasteiger partial charge on any atom is -0.488 e. The van der Waals surface area contributed by atoms with Crippen molar-refractivity contribution in [1.82, 2.24) is 0 Å². The van der Waals surface area contributed by atoms with Crippen molar-refractivity contribution in [3.05, 3.63) is 52.8 Å². The summed E-state index contributed by atoms with van der Waals surface area (Å²) in [6.45, 7) is 0.260. The van der Waals surface area contributed by atoms with Gasteiger partial charge in [-0.25, -0.2) is 9.18 Å². The SMILES string of the molecule is N#Cc1ccc2c(c1)OCc1cc(C[C@H](N)C(N)=O)c(F)cc1-2.O=C(O)C(F)(F)F. The van der Waals surface area contributed by atoms with Crippen molar-refractivity contribution in [1.29, 1.82) is 5.26 Å². The van der Waals surface area contributed by atoms with Crippen LogP contribution in [0.2, 0.25) is 0 Å². The molecule has 30 heavy (non-hydrogen) atoms. The molecule has 0 aliphatic carbocycles. The van der Waals surface area contributed by atoms with E-state index < -0.39 is 29.9 Å². The molecule has 1 heterocycles. The number of hydrogen-bond donors (Lipinski definition) is 3. The number of carboxylic acid groups (broad SMARTS) is 1. The summed E-state index contributed by atoms with van der Waals surface area (Å²) in [5.74, 6) is -3.32. The lowest BCUT2D eigenvalue weighted by molar-refractivity contribution is -0.192. The highest BCUT2D eigenvalue weighted by atomic mass is 19.4. The van der Waals surface area contributed by atoms with Crippen LogP contribution >= 0.6 is 0 Å². The number of alkyl halides is 3. The molecule has 2 aromatic carbocycles. The van der Waals surface area contributed by atoms with Gasteiger partial charge in [-0.1, -0.05) is 0 Å². The first-order chi connectivity index (χ1) is 13.9. The zero-order valence-corrected chi connectivity index (χ0v) is 15.2. The van der Waals surface area contributed by atoms with Crippen LogP contribution in [0.3, 0.4) is 0 Å². The van der Waals surface area contributed by atoms with Crippen LogP contribution in [0.15, 0.2) is 30.3 Å². The van der Waals surface area contributed by atoms with Gasteiger partial charge in [-0.15, -0.1) is 0 Å². The summed E-state index contributed by atoms with van der Waals surface area (Å²) in [6, 6.07) is 9.19. The summed E-state index contributed by atoms with van der Waals surface area (Å²) >= 11 is 0. The Morgan fingerprint density at radius 2 is 1.87 bits per heavy atom. The molecule has 5 N–H and O–H groups in total. The minimum absolute atomic E-state index is 0.0364. The van der Waals surface area contributed by atoms with Gasteiger partial charge < -0.3 is 21.3 Å². The van der Waals surface area contributed by atoms with Gasteiger partial charge in [-0.2, -0.15) is 18.4 Å². The molecule has 158 valence electrons. The van der Waals surface area contributed by atoms with Crippen LogP contribution in [0.5, 0.6) is 5.75 Å². The molecule has 7 nitrogen and oxygen atoms in total. The van der Waals surface area contributed by atoms with Gasteiger partial charge in [0, 0.05) is 5.56 Å². The number of fused-ring (bicyclic) bond motifs is 3. The van der Waals surface area contributed by atoms with Crippen molar-refractivity contribution in [2.24, 2.45) is 11.5 Å². The van der Waals surface area contributed by atoms with E-state index in [0.717, 1.165) is 11.1 Å². The molecule has 3 rings (SSSR count). The van der Waals surface area contributed by atoms with E-state index in [-0.39, 0.29) is 13.0 Å². The number of halogens is 4. The normalized spacial score (nSPS) is 12.8. The smallest absolute Gasteiger partial charge is 0.488 e. The number of carbonyl (C=O) groups excluding carboxylic acids is 1. The lowest BCUT2D eigenvalue weighted by atomic mass is 9.92. The Morgan fingerprint density at radius 3 is 2.40 bits per heavy atom. The molecule has 0 spiro atoms. The monoisotopic (exact) mass is 425 g/mol. The molecule has 1 aliphatic rings. The number of aliphatic carboxylic acids is 1. The summed E-state index contributed by atoms with van der Waals surface area (Å²) < 4.78 is 51.7. The molecule has 0 saturated carbocycles. The van der Waals surface area contributed by atoms with Gasteiger partial charge in [0.15, 0.2) is 0 Å². The fourth-order valence-corrected chi connectivity index (χ4v) is 2.62. The zero-order valence-electron chi connectivity index (χ0n) is 15.2. The van der Waals surface area contributed by atoms with Crippen LogP contribution in [0.1, 0.15) is 16.7 Å². The largest absolute Gasteiger partial charge is 0.490 e. The number of nitriles is 1. The topological polar surface area (TPSA) is 139 Å². The second kappa shape index (κ2) is 8.79. The highest BCUT2D eigenvalue weighted by Gasteiger charge is 2.38. The predicted octanol–water partition coefficient (Wildman–Crippen LogP) is 2.25. The van der Waals surface area contributed by atoms with Crippen LogP contribution in [0.25, 0.3) is 11.1 Å². The van der Waals surface area contributed by atoms with Crippen molar-refractivity contribution in [2.45, 2.75) is 25.2 Å². The first-order valence-corrected chi connectivity index (χ1v) is 8.27. The number of carboxylic acids is 1. The molecular formula is C19H15F4N3O4. The molecule has 0 bridgehead atoms. The molecule has 0 radical (unpaired) electrons. The third-order valence-electron chi connectivity index (χ3n) is 4.10. The van der Waals surface area contributed by atoms with Crippen LogP contribution in [0, 0.1) is 17.1 Å². The standard InChI is InChI=1S/C17H14FN3O2.C2HF3O2/c18-14-6-13-11(4-10(14)5-15(20)17(21)22)8-23-16-3-9(7-19)1-2-12(13)16;3-2(4,5)1(6)7/h1-4,6,15H,5,8,20H2,(H2,21,22);(H,6,7)/t15-;/m0./s1. The van der Waals surface area contributed by atoms with Gasteiger partial charge >= 0.3 is 12.1 Å². The average Bonchev–Trinajstić information content (AvgIpc) is 2.67. The van der Waals surface area contributed by atoms with E-state index in [1.54, 1.807) is 24.3 Å². The quantitative estimate of drug-likeness (QED) is 0.645. The fourth-order valence-electron chi connectivity index (χ4n) is 2.62. The second-order valence-electron chi connectivity index (χ2n) is 6.23.